The van der Waals surface area contributed by atoms with Crippen LogP contribution in [0.1, 0.15) is 72.9 Å². The molecule has 0 saturated heterocycles. The van der Waals surface area contributed by atoms with Crippen LogP contribution in [0.4, 0.5) is 36.4 Å². The van der Waals surface area contributed by atoms with Crippen LogP contribution in [-0.2, 0) is 20.5 Å². The zero-order chi connectivity index (χ0) is 36.4. The lowest BCUT2D eigenvalue weighted by atomic mass is 9.80. The van der Waals surface area contributed by atoms with Crippen molar-refractivity contribution in [2.75, 3.05) is 25.6 Å². The van der Waals surface area contributed by atoms with E-state index in [-0.39, 0.29) is 66.9 Å². The second-order valence-corrected chi connectivity index (χ2v) is 12.9. The van der Waals surface area contributed by atoms with Gasteiger partial charge >= 0.3 is 18.3 Å². The Morgan fingerprint density at radius 1 is 0.960 bits per heavy atom. The highest BCUT2D eigenvalue weighted by Gasteiger charge is 2.56. The lowest BCUT2D eigenvalue weighted by Crippen LogP contribution is -2.48. The number of benzene rings is 2. The molecule has 2 amide bonds. The van der Waals surface area contributed by atoms with E-state index < -0.39 is 65.0 Å². The Bertz CT molecular complexity index is 1630. The standard InChI is InChI=1S/C35H38F7N3O5/c1-3-50-29(46)17-43-20-6-4-5-18(13-20)19-7-12-28(49-2)24(14-19)32(47)45-31-23-10-9-22(25(23)16-34(37,38)39)30(31)33(48)44-21-8-11-27(36)26(15-21)35(40,41)42/h7-8,11-12,14-16,18,20,22-23,30-31,43H,3-6,9-10,13,17H2,1-2H3,(H,44,48)(H,45,47)/b25-16-/t18?,20?,22-,23+,30-,31+/m0/s1. The Kier molecular flexibility index (Phi) is 11.1. The van der Waals surface area contributed by atoms with E-state index in [1.165, 1.54) is 7.11 Å². The predicted molar refractivity (Wildman–Crippen MR) is 168 cm³/mol. The maximum atomic E-state index is 13.9. The Morgan fingerprint density at radius 3 is 2.38 bits per heavy atom. The third kappa shape index (κ3) is 8.41. The van der Waals surface area contributed by atoms with Gasteiger partial charge in [0.1, 0.15) is 11.6 Å². The summed E-state index contributed by atoms with van der Waals surface area (Å²) in [5.74, 6) is -6.36. The molecule has 2 aromatic carbocycles. The minimum atomic E-state index is -5.05. The fourth-order valence-corrected chi connectivity index (χ4v) is 7.73. The van der Waals surface area contributed by atoms with Crippen LogP contribution in [0.25, 0.3) is 0 Å². The van der Waals surface area contributed by atoms with Crippen LogP contribution < -0.4 is 20.7 Å². The van der Waals surface area contributed by atoms with E-state index in [0.29, 0.717) is 18.6 Å². The smallest absolute Gasteiger partial charge is 0.419 e. The summed E-state index contributed by atoms with van der Waals surface area (Å²) in [6, 6.07) is 5.87. The van der Waals surface area contributed by atoms with Gasteiger partial charge < -0.3 is 25.4 Å². The monoisotopic (exact) mass is 713 g/mol. The van der Waals surface area contributed by atoms with Crippen molar-refractivity contribution in [3.05, 3.63) is 70.6 Å². The lowest BCUT2D eigenvalue weighted by Gasteiger charge is -2.31. The van der Waals surface area contributed by atoms with Crippen molar-refractivity contribution >= 4 is 23.5 Å². The molecule has 272 valence electrons. The molecule has 2 unspecified atom stereocenters. The Hall–Kier alpha value is -4.14. The van der Waals surface area contributed by atoms with E-state index in [0.717, 1.165) is 30.9 Å². The molecular weight excluding hydrogens is 675 g/mol. The normalized spacial score (nSPS) is 25.7. The molecule has 50 heavy (non-hydrogen) atoms. The fraction of sp³-hybridized carbons (Fsp3) is 0.514. The molecule has 0 aromatic heterocycles. The summed E-state index contributed by atoms with van der Waals surface area (Å²) in [6.45, 7) is 2.06. The summed E-state index contributed by atoms with van der Waals surface area (Å²) < 4.78 is 105. The van der Waals surface area contributed by atoms with Crippen molar-refractivity contribution in [3.8, 4) is 5.75 Å². The summed E-state index contributed by atoms with van der Waals surface area (Å²) in [5.41, 5.74) is -1.16. The highest BCUT2D eigenvalue weighted by atomic mass is 19.4. The number of carbonyl (C=O) groups is 3. The number of methoxy groups -OCH3 is 1. The molecule has 6 atom stereocenters. The quantitative estimate of drug-likeness (QED) is 0.140. The number of hydrogen-bond donors (Lipinski definition) is 3. The third-order valence-electron chi connectivity index (χ3n) is 9.82. The van der Waals surface area contributed by atoms with E-state index in [1.807, 2.05) is 6.07 Å². The Labute approximate surface area is 284 Å². The molecule has 0 heterocycles. The van der Waals surface area contributed by atoms with Crippen molar-refractivity contribution in [3.63, 3.8) is 0 Å². The van der Waals surface area contributed by atoms with Gasteiger partial charge in [0.25, 0.3) is 5.91 Å². The lowest BCUT2D eigenvalue weighted by molar-refractivity contribution is -0.142. The molecule has 2 bridgehead atoms. The van der Waals surface area contributed by atoms with Gasteiger partial charge in [-0.3, -0.25) is 14.4 Å². The maximum absolute atomic E-state index is 13.9. The summed E-state index contributed by atoms with van der Waals surface area (Å²) in [4.78, 5) is 39.4. The molecule has 8 nitrogen and oxygen atoms in total. The number of ether oxygens (including phenoxy) is 2. The molecule has 3 N–H and O–H groups in total. The molecule has 15 heteroatoms. The average Bonchev–Trinajstić information content (AvgIpc) is 3.56. The van der Waals surface area contributed by atoms with Crippen LogP contribution >= 0.6 is 0 Å². The molecular formula is C35H38F7N3O5. The van der Waals surface area contributed by atoms with Crippen molar-refractivity contribution in [2.24, 2.45) is 17.8 Å². The Balaban J connectivity index is 1.39. The molecule has 0 radical (unpaired) electrons. The van der Waals surface area contributed by atoms with Crippen molar-refractivity contribution in [2.45, 2.75) is 75.8 Å². The predicted octanol–water partition coefficient (Wildman–Crippen LogP) is 6.91. The number of fused-ring (bicyclic) bond motifs is 2. The molecule has 5 rings (SSSR count). The van der Waals surface area contributed by atoms with E-state index >= 15 is 0 Å². The highest BCUT2D eigenvalue weighted by molar-refractivity contribution is 5.99. The molecule has 2 aromatic rings. The number of amides is 2. The van der Waals surface area contributed by atoms with Gasteiger partial charge in [0, 0.05) is 29.8 Å². The molecule has 0 spiro atoms. The van der Waals surface area contributed by atoms with E-state index in [1.54, 1.807) is 19.1 Å². The number of anilines is 1. The first-order valence-corrected chi connectivity index (χ1v) is 16.4. The van der Waals surface area contributed by atoms with Crippen LogP contribution in [0, 0.1) is 23.6 Å². The fourth-order valence-electron chi connectivity index (χ4n) is 7.73. The van der Waals surface area contributed by atoms with Gasteiger partial charge in [0.05, 0.1) is 37.3 Å². The molecule has 3 aliphatic carbocycles. The zero-order valence-electron chi connectivity index (χ0n) is 27.3. The average molecular weight is 714 g/mol. The molecule has 3 fully saturated rings. The minimum Gasteiger partial charge on any atom is -0.496 e. The maximum Gasteiger partial charge on any atom is 0.419 e. The van der Waals surface area contributed by atoms with Crippen LogP contribution in [0.15, 0.2) is 48.0 Å². The zero-order valence-corrected chi connectivity index (χ0v) is 27.3. The van der Waals surface area contributed by atoms with Gasteiger partial charge in [0.15, 0.2) is 0 Å². The van der Waals surface area contributed by atoms with Crippen LogP contribution in [0.5, 0.6) is 5.75 Å². The van der Waals surface area contributed by atoms with Gasteiger partial charge in [-0.05, 0) is 86.8 Å². The molecule has 3 aliphatic rings. The van der Waals surface area contributed by atoms with Gasteiger partial charge in [0.2, 0.25) is 5.91 Å². The number of rotatable bonds is 10. The Morgan fingerprint density at radius 2 is 1.70 bits per heavy atom. The number of nitrogens with one attached hydrogen (secondary N) is 3. The minimum absolute atomic E-state index is 0.0144. The van der Waals surface area contributed by atoms with Crippen LogP contribution in [0.3, 0.4) is 0 Å². The number of halogens is 7. The van der Waals surface area contributed by atoms with Crippen molar-refractivity contribution in [1.29, 1.82) is 0 Å². The number of allylic oxidation sites excluding steroid dienone is 1. The second-order valence-electron chi connectivity index (χ2n) is 12.9. The first-order chi connectivity index (χ1) is 23.6. The van der Waals surface area contributed by atoms with Gasteiger partial charge in [-0.2, -0.15) is 26.3 Å². The summed E-state index contributed by atoms with van der Waals surface area (Å²) in [7, 11) is 1.36. The molecule has 0 aliphatic heterocycles. The summed E-state index contributed by atoms with van der Waals surface area (Å²) >= 11 is 0. The first-order valence-electron chi connectivity index (χ1n) is 16.4. The van der Waals surface area contributed by atoms with Crippen LogP contribution in [0.2, 0.25) is 0 Å². The number of carbonyl (C=O) groups excluding carboxylic acids is 3. The van der Waals surface area contributed by atoms with E-state index in [2.05, 4.69) is 16.0 Å². The summed E-state index contributed by atoms with van der Waals surface area (Å²) in [5, 5.41) is 8.30. The van der Waals surface area contributed by atoms with E-state index in [9.17, 15) is 45.1 Å². The van der Waals surface area contributed by atoms with Crippen molar-refractivity contribution in [1.82, 2.24) is 10.6 Å². The number of hydrogen-bond acceptors (Lipinski definition) is 6. The van der Waals surface area contributed by atoms with Crippen LogP contribution in [-0.4, -0.2) is 56.3 Å². The van der Waals surface area contributed by atoms with Crippen molar-refractivity contribution < 1.29 is 54.6 Å². The van der Waals surface area contributed by atoms with Gasteiger partial charge in [-0.15, -0.1) is 0 Å². The third-order valence-corrected chi connectivity index (χ3v) is 9.82. The number of alkyl halides is 6. The van der Waals surface area contributed by atoms with E-state index in [4.69, 9.17) is 9.47 Å². The molecule has 3 saturated carbocycles. The second kappa shape index (κ2) is 15.0. The van der Waals surface area contributed by atoms with Gasteiger partial charge in [-0.25, -0.2) is 4.39 Å². The SMILES string of the molecule is CCOC(=O)CNC1CCCC(c2ccc(OC)c(C(=O)N[C@H]3[C@@H](C(=O)Nc4ccc(F)c(C(F)(F)F)c4)[C@H]4CC[C@@H]3/C4=C\C(F)(F)F)c2)C1. The first kappa shape index (κ1) is 37.1. The highest BCUT2D eigenvalue weighted by Crippen LogP contribution is 2.54. The topological polar surface area (TPSA) is 106 Å². The van der Waals surface area contributed by atoms with Gasteiger partial charge in [-0.1, -0.05) is 18.1 Å². The summed E-state index contributed by atoms with van der Waals surface area (Å²) in [6.07, 6.45) is -6.01. The number of esters is 1. The largest absolute Gasteiger partial charge is 0.496 e.